The van der Waals surface area contributed by atoms with Crippen molar-refractivity contribution in [2.24, 2.45) is 14.1 Å². The van der Waals surface area contributed by atoms with Crippen LogP contribution in [0.25, 0.3) is 11.2 Å². The van der Waals surface area contributed by atoms with Gasteiger partial charge >= 0.3 is 17.7 Å². The van der Waals surface area contributed by atoms with Gasteiger partial charge in [-0.1, -0.05) is 30.3 Å². The minimum absolute atomic E-state index is 0.0294. The Labute approximate surface area is 193 Å². The Bertz CT molecular complexity index is 1460. The number of methoxy groups -OCH3 is 1. The first-order chi connectivity index (χ1) is 16.3. The summed E-state index contributed by atoms with van der Waals surface area (Å²) >= 11 is 0. The third-order valence-electron chi connectivity index (χ3n) is 6.36. The molecule has 11 nitrogen and oxygen atoms in total. The van der Waals surface area contributed by atoms with E-state index in [9.17, 15) is 19.2 Å². The van der Waals surface area contributed by atoms with E-state index in [2.05, 4.69) is 10.3 Å². The molecule has 1 unspecified atom stereocenters. The fourth-order valence-electron chi connectivity index (χ4n) is 4.48. The summed E-state index contributed by atoms with van der Waals surface area (Å²) in [7, 11) is 4.23. The number of ether oxygens (including phenoxy) is 1. The van der Waals surface area contributed by atoms with E-state index < -0.39 is 23.3 Å². The van der Waals surface area contributed by atoms with Crippen molar-refractivity contribution in [2.45, 2.75) is 31.5 Å². The summed E-state index contributed by atoms with van der Waals surface area (Å²) in [6.07, 6.45) is 3.06. The standard InChI is InChI=1S/C23H24N6O5/c1-26-19-18(20(30)27(2)23(26)33)28(12-24-19)11-15-16(21(31)34-3)17(13-7-5-4-6-8-13)25-22(32)29(15)14-9-10-14/h4-8,12,14,17H,9-11H2,1-3H3,(H,25,32). The number of amides is 2. The molecular formula is C23H24N6O5. The Morgan fingerprint density at radius 3 is 2.47 bits per heavy atom. The molecule has 0 bridgehead atoms. The number of urea groups is 1. The van der Waals surface area contributed by atoms with Gasteiger partial charge in [-0.15, -0.1) is 0 Å². The number of benzene rings is 1. The molecule has 0 saturated heterocycles. The predicted molar refractivity (Wildman–Crippen MR) is 122 cm³/mol. The Balaban J connectivity index is 1.74. The number of nitrogens with one attached hydrogen (secondary N) is 1. The molecule has 3 heterocycles. The molecule has 0 spiro atoms. The molecule has 1 aliphatic carbocycles. The van der Waals surface area contributed by atoms with Gasteiger partial charge in [-0.2, -0.15) is 0 Å². The van der Waals surface area contributed by atoms with Crippen molar-refractivity contribution < 1.29 is 14.3 Å². The number of carbonyl (C=O) groups excluding carboxylic acids is 2. The third-order valence-corrected chi connectivity index (χ3v) is 6.36. The van der Waals surface area contributed by atoms with Crippen LogP contribution in [0.2, 0.25) is 0 Å². The maximum atomic E-state index is 13.2. The quantitative estimate of drug-likeness (QED) is 0.558. The number of nitrogens with zero attached hydrogens (tertiary/aromatic N) is 5. The van der Waals surface area contributed by atoms with E-state index in [4.69, 9.17) is 4.74 Å². The second kappa shape index (κ2) is 8.01. The fourth-order valence-corrected chi connectivity index (χ4v) is 4.48. The molecule has 1 saturated carbocycles. The second-order valence-electron chi connectivity index (χ2n) is 8.50. The van der Waals surface area contributed by atoms with E-state index >= 15 is 0 Å². The van der Waals surface area contributed by atoms with Crippen LogP contribution in [0, 0.1) is 0 Å². The maximum absolute atomic E-state index is 13.2. The number of rotatable bonds is 5. The summed E-state index contributed by atoms with van der Waals surface area (Å²) in [5, 5.41) is 2.95. The highest BCUT2D eigenvalue weighted by Crippen LogP contribution is 2.38. The van der Waals surface area contributed by atoms with Crippen LogP contribution in [-0.4, -0.2) is 48.7 Å². The number of hydrogen-bond acceptors (Lipinski definition) is 6. The van der Waals surface area contributed by atoms with E-state index in [-0.39, 0.29) is 29.8 Å². The van der Waals surface area contributed by atoms with Gasteiger partial charge in [0.05, 0.1) is 37.3 Å². The monoisotopic (exact) mass is 464 g/mol. The normalized spacial score (nSPS) is 18.4. The van der Waals surface area contributed by atoms with Crippen molar-refractivity contribution in [3.05, 3.63) is 74.3 Å². The first kappa shape index (κ1) is 21.7. The topological polar surface area (TPSA) is 120 Å². The lowest BCUT2D eigenvalue weighted by atomic mass is 9.94. The molecule has 0 radical (unpaired) electrons. The molecule has 11 heteroatoms. The van der Waals surface area contributed by atoms with Crippen molar-refractivity contribution in [3.8, 4) is 0 Å². The summed E-state index contributed by atoms with van der Waals surface area (Å²) in [5.74, 6) is -0.570. The molecule has 34 heavy (non-hydrogen) atoms. The third kappa shape index (κ3) is 3.31. The van der Waals surface area contributed by atoms with Crippen LogP contribution in [0.3, 0.4) is 0 Å². The largest absolute Gasteiger partial charge is 0.466 e. The van der Waals surface area contributed by atoms with Gasteiger partial charge in [0.2, 0.25) is 0 Å². The SMILES string of the molecule is COC(=O)C1=C(Cn2cnc3c2c(=O)n(C)c(=O)n3C)N(C2CC2)C(=O)NC1c1ccccc1. The highest BCUT2D eigenvalue weighted by atomic mass is 16.5. The lowest BCUT2D eigenvalue weighted by Gasteiger charge is -2.37. The molecule has 1 fully saturated rings. The van der Waals surface area contributed by atoms with E-state index in [0.717, 1.165) is 23.0 Å². The number of allylic oxidation sites excluding steroid dienone is 1. The van der Waals surface area contributed by atoms with Gasteiger partial charge < -0.3 is 14.6 Å². The Morgan fingerprint density at radius 1 is 1.12 bits per heavy atom. The van der Waals surface area contributed by atoms with Crippen molar-refractivity contribution >= 4 is 23.2 Å². The molecule has 3 aromatic rings. The summed E-state index contributed by atoms with van der Waals surface area (Å²) in [6.45, 7) is 0.0294. The molecule has 1 aliphatic heterocycles. The highest BCUT2D eigenvalue weighted by Gasteiger charge is 2.44. The van der Waals surface area contributed by atoms with Crippen LogP contribution in [-0.2, 0) is 30.2 Å². The van der Waals surface area contributed by atoms with Crippen LogP contribution in [0.4, 0.5) is 4.79 Å². The van der Waals surface area contributed by atoms with Crippen LogP contribution < -0.4 is 16.6 Å². The van der Waals surface area contributed by atoms with Gasteiger partial charge in [-0.05, 0) is 18.4 Å². The molecule has 176 valence electrons. The fraction of sp³-hybridized carbons (Fsp3) is 0.348. The molecule has 1 atom stereocenters. The van der Waals surface area contributed by atoms with Crippen molar-refractivity contribution in [1.82, 2.24) is 28.9 Å². The van der Waals surface area contributed by atoms with Crippen molar-refractivity contribution in [3.63, 3.8) is 0 Å². The number of aromatic nitrogens is 4. The molecule has 2 aromatic heterocycles. The van der Waals surface area contributed by atoms with Crippen LogP contribution in [0.5, 0.6) is 0 Å². The predicted octanol–water partition coefficient (Wildman–Crippen LogP) is 0.790. The lowest BCUT2D eigenvalue weighted by Crippen LogP contribution is -2.50. The van der Waals surface area contributed by atoms with Gasteiger partial charge in [0, 0.05) is 20.1 Å². The summed E-state index contributed by atoms with van der Waals surface area (Å²) in [6, 6.07) is 8.09. The van der Waals surface area contributed by atoms with Gasteiger partial charge in [0.25, 0.3) is 5.56 Å². The van der Waals surface area contributed by atoms with E-state index in [1.165, 1.54) is 32.1 Å². The molecule has 2 amide bonds. The Hall–Kier alpha value is -4.15. The van der Waals surface area contributed by atoms with Crippen molar-refractivity contribution in [2.75, 3.05) is 7.11 Å². The zero-order valence-corrected chi connectivity index (χ0v) is 19.0. The number of carbonyl (C=O) groups is 2. The maximum Gasteiger partial charge on any atom is 0.338 e. The molecule has 1 N–H and O–H groups in total. The summed E-state index contributed by atoms with van der Waals surface area (Å²) in [5.41, 5.74) is 0.918. The molecule has 1 aromatic carbocycles. The van der Waals surface area contributed by atoms with E-state index in [1.807, 2.05) is 30.3 Å². The zero-order valence-electron chi connectivity index (χ0n) is 19.0. The minimum atomic E-state index is -0.715. The van der Waals surface area contributed by atoms with E-state index in [0.29, 0.717) is 11.3 Å². The van der Waals surface area contributed by atoms with Crippen molar-refractivity contribution in [1.29, 1.82) is 0 Å². The zero-order chi connectivity index (χ0) is 24.1. The summed E-state index contributed by atoms with van der Waals surface area (Å²) in [4.78, 5) is 57.4. The highest BCUT2D eigenvalue weighted by molar-refractivity contribution is 5.95. The van der Waals surface area contributed by atoms with Gasteiger partial charge in [-0.25, -0.2) is 19.4 Å². The van der Waals surface area contributed by atoms with Crippen LogP contribution in [0.15, 0.2) is 57.5 Å². The number of aryl methyl sites for hydroxylation is 1. The Morgan fingerprint density at radius 2 is 1.82 bits per heavy atom. The molecule has 2 aliphatic rings. The smallest absolute Gasteiger partial charge is 0.338 e. The van der Waals surface area contributed by atoms with Crippen LogP contribution >= 0.6 is 0 Å². The van der Waals surface area contributed by atoms with Gasteiger partial charge in [-0.3, -0.25) is 18.8 Å². The molecule has 5 rings (SSSR count). The number of fused-ring (bicyclic) bond motifs is 1. The van der Waals surface area contributed by atoms with E-state index in [1.54, 1.807) is 9.47 Å². The second-order valence-corrected chi connectivity index (χ2v) is 8.50. The number of hydrogen-bond donors (Lipinski definition) is 1. The average Bonchev–Trinajstić information content (AvgIpc) is 3.59. The minimum Gasteiger partial charge on any atom is -0.466 e. The summed E-state index contributed by atoms with van der Waals surface area (Å²) < 4.78 is 9.01. The Kier molecular flexibility index (Phi) is 5.11. The average molecular weight is 464 g/mol. The first-order valence-corrected chi connectivity index (χ1v) is 10.9. The molecular weight excluding hydrogens is 440 g/mol. The number of imidazole rings is 1. The first-order valence-electron chi connectivity index (χ1n) is 10.9. The number of esters is 1. The lowest BCUT2D eigenvalue weighted by molar-refractivity contribution is -0.136. The van der Waals surface area contributed by atoms with Gasteiger partial charge in [0.1, 0.15) is 0 Å². The van der Waals surface area contributed by atoms with Crippen LogP contribution in [0.1, 0.15) is 24.4 Å². The van der Waals surface area contributed by atoms with Gasteiger partial charge in [0.15, 0.2) is 11.2 Å².